The topological polar surface area (TPSA) is 84.2 Å². The van der Waals surface area contributed by atoms with Crippen molar-refractivity contribution in [1.82, 2.24) is 10.6 Å². The Hall–Kier alpha value is -2.56. The van der Waals surface area contributed by atoms with Crippen LogP contribution in [0.25, 0.3) is 10.8 Å². The van der Waals surface area contributed by atoms with Crippen molar-refractivity contribution < 1.29 is 9.59 Å². The summed E-state index contributed by atoms with van der Waals surface area (Å²) in [4.78, 5) is 22.1. The fourth-order valence-corrected chi connectivity index (χ4v) is 2.18. The van der Waals surface area contributed by atoms with E-state index in [0.717, 1.165) is 6.42 Å². The van der Waals surface area contributed by atoms with Gasteiger partial charge in [0, 0.05) is 19.5 Å². The predicted octanol–water partition coefficient (Wildman–Crippen LogP) is 1.56. The quantitative estimate of drug-likeness (QED) is 0.752. The molecule has 5 heteroatoms. The Balaban J connectivity index is 1.82. The lowest BCUT2D eigenvalue weighted by Crippen LogP contribution is -2.38. The minimum absolute atomic E-state index is 0.150. The summed E-state index contributed by atoms with van der Waals surface area (Å²) >= 11 is 0. The number of nitrogens with two attached hydrogens (primary N) is 1. The third-order valence-corrected chi connectivity index (χ3v) is 3.22. The number of carbonyl (C=O) groups is 2. The van der Waals surface area contributed by atoms with Crippen molar-refractivity contribution in [2.45, 2.75) is 12.8 Å². The number of benzene rings is 2. The largest absolute Gasteiger partial charge is 0.370 e. The maximum Gasteiger partial charge on any atom is 0.314 e. The van der Waals surface area contributed by atoms with E-state index in [9.17, 15) is 9.59 Å². The molecular weight excluding hydrogens is 266 g/mol. The van der Waals surface area contributed by atoms with Gasteiger partial charge in [-0.1, -0.05) is 42.5 Å². The summed E-state index contributed by atoms with van der Waals surface area (Å²) < 4.78 is 0. The lowest BCUT2D eigenvalue weighted by atomic mass is 10.0. The third kappa shape index (κ3) is 4.49. The van der Waals surface area contributed by atoms with Crippen molar-refractivity contribution in [2.75, 3.05) is 13.1 Å². The molecule has 2 rings (SSSR count). The standard InChI is InChI=1S/C16H19N3O2/c17-15(20)9-11-19-16(21)18-10-8-13-6-3-5-12-4-1-2-7-14(12)13/h1-7H,8-11H2,(H2,17,20)(H2,18,19,21). The van der Waals surface area contributed by atoms with Crippen molar-refractivity contribution in [3.05, 3.63) is 48.0 Å². The lowest BCUT2D eigenvalue weighted by Gasteiger charge is -2.09. The van der Waals surface area contributed by atoms with E-state index in [1.165, 1.54) is 16.3 Å². The Morgan fingerprint density at radius 1 is 0.952 bits per heavy atom. The van der Waals surface area contributed by atoms with Gasteiger partial charge in [-0.25, -0.2) is 4.79 Å². The first-order valence-corrected chi connectivity index (χ1v) is 6.93. The van der Waals surface area contributed by atoms with Crippen molar-refractivity contribution in [1.29, 1.82) is 0 Å². The van der Waals surface area contributed by atoms with E-state index >= 15 is 0 Å². The van der Waals surface area contributed by atoms with Gasteiger partial charge in [-0.2, -0.15) is 0 Å². The molecular formula is C16H19N3O2. The minimum Gasteiger partial charge on any atom is -0.370 e. The maximum absolute atomic E-state index is 11.5. The van der Waals surface area contributed by atoms with Crippen LogP contribution in [0, 0.1) is 0 Å². The van der Waals surface area contributed by atoms with Crippen LogP contribution in [-0.2, 0) is 11.2 Å². The SMILES string of the molecule is NC(=O)CCNC(=O)NCCc1cccc2ccccc12. The smallest absolute Gasteiger partial charge is 0.314 e. The first kappa shape index (κ1) is 14.8. The predicted molar refractivity (Wildman–Crippen MR) is 82.9 cm³/mol. The highest BCUT2D eigenvalue weighted by molar-refractivity contribution is 5.85. The zero-order chi connectivity index (χ0) is 15.1. The van der Waals surface area contributed by atoms with Crippen LogP contribution in [0.4, 0.5) is 4.79 Å². The molecule has 0 aromatic heterocycles. The highest BCUT2D eigenvalue weighted by Gasteiger charge is 2.03. The average Bonchev–Trinajstić information content (AvgIpc) is 2.47. The van der Waals surface area contributed by atoms with Gasteiger partial charge < -0.3 is 16.4 Å². The fourth-order valence-electron chi connectivity index (χ4n) is 2.18. The Morgan fingerprint density at radius 3 is 2.48 bits per heavy atom. The summed E-state index contributed by atoms with van der Waals surface area (Å²) in [6.45, 7) is 0.797. The molecule has 0 radical (unpaired) electrons. The highest BCUT2D eigenvalue weighted by Crippen LogP contribution is 2.18. The highest BCUT2D eigenvalue weighted by atomic mass is 16.2. The Morgan fingerprint density at radius 2 is 1.67 bits per heavy atom. The van der Waals surface area contributed by atoms with Crippen LogP contribution in [0.5, 0.6) is 0 Å². The second-order valence-corrected chi connectivity index (χ2v) is 4.79. The summed E-state index contributed by atoms with van der Waals surface area (Å²) in [5.41, 5.74) is 6.20. The molecule has 0 aliphatic rings. The van der Waals surface area contributed by atoms with E-state index in [1.807, 2.05) is 18.2 Å². The van der Waals surface area contributed by atoms with Gasteiger partial charge in [-0.15, -0.1) is 0 Å². The number of rotatable bonds is 6. The molecule has 0 aliphatic heterocycles. The molecule has 21 heavy (non-hydrogen) atoms. The normalized spacial score (nSPS) is 10.3. The van der Waals surface area contributed by atoms with Crippen molar-refractivity contribution in [3.63, 3.8) is 0 Å². The molecule has 0 heterocycles. The van der Waals surface area contributed by atoms with Gasteiger partial charge in [0.05, 0.1) is 0 Å². The zero-order valence-electron chi connectivity index (χ0n) is 11.8. The second-order valence-electron chi connectivity index (χ2n) is 4.79. The van der Waals surface area contributed by atoms with Gasteiger partial charge in [0.25, 0.3) is 0 Å². The van der Waals surface area contributed by atoms with Crippen LogP contribution < -0.4 is 16.4 Å². The number of primary amides is 1. The molecule has 0 aliphatic carbocycles. The van der Waals surface area contributed by atoms with Crippen LogP contribution >= 0.6 is 0 Å². The molecule has 0 saturated carbocycles. The summed E-state index contributed by atoms with van der Waals surface area (Å²) in [5.74, 6) is -0.425. The summed E-state index contributed by atoms with van der Waals surface area (Å²) in [6.07, 6.45) is 0.904. The molecule has 2 aromatic carbocycles. The molecule has 110 valence electrons. The van der Waals surface area contributed by atoms with Gasteiger partial charge >= 0.3 is 6.03 Å². The lowest BCUT2D eigenvalue weighted by molar-refractivity contribution is -0.117. The van der Waals surface area contributed by atoms with Gasteiger partial charge in [0.15, 0.2) is 0 Å². The van der Waals surface area contributed by atoms with E-state index in [2.05, 4.69) is 34.9 Å². The summed E-state index contributed by atoms with van der Waals surface area (Å²) in [7, 11) is 0. The molecule has 0 spiro atoms. The zero-order valence-corrected chi connectivity index (χ0v) is 11.8. The maximum atomic E-state index is 11.5. The Labute approximate surface area is 123 Å². The first-order valence-electron chi connectivity index (χ1n) is 6.93. The number of nitrogens with one attached hydrogen (secondary N) is 2. The second kappa shape index (κ2) is 7.28. The molecule has 0 unspecified atom stereocenters. The molecule has 0 atom stereocenters. The number of hydrogen-bond acceptors (Lipinski definition) is 2. The molecule has 2 aromatic rings. The minimum atomic E-state index is -0.425. The monoisotopic (exact) mass is 285 g/mol. The van der Waals surface area contributed by atoms with Crippen LogP contribution in [0.15, 0.2) is 42.5 Å². The summed E-state index contributed by atoms with van der Waals surface area (Å²) in [6, 6.07) is 14.0. The molecule has 0 bridgehead atoms. The van der Waals surface area contributed by atoms with Crippen LogP contribution in [0.2, 0.25) is 0 Å². The number of urea groups is 1. The van der Waals surface area contributed by atoms with Gasteiger partial charge in [0.1, 0.15) is 0 Å². The van der Waals surface area contributed by atoms with Crippen molar-refractivity contribution in [3.8, 4) is 0 Å². The molecule has 3 amide bonds. The van der Waals surface area contributed by atoms with Crippen LogP contribution in [0.1, 0.15) is 12.0 Å². The number of carbonyl (C=O) groups excluding carboxylic acids is 2. The third-order valence-electron chi connectivity index (χ3n) is 3.22. The van der Waals surface area contributed by atoms with Gasteiger partial charge in [-0.05, 0) is 22.8 Å². The average molecular weight is 285 g/mol. The van der Waals surface area contributed by atoms with E-state index in [1.54, 1.807) is 0 Å². The number of amides is 3. The first-order chi connectivity index (χ1) is 10.2. The van der Waals surface area contributed by atoms with E-state index in [4.69, 9.17) is 5.73 Å². The van der Waals surface area contributed by atoms with E-state index in [-0.39, 0.29) is 19.0 Å². The number of hydrogen-bond donors (Lipinski definition) is 3. The molecule has 5 nitrogen and oxygen atoms in total. The number of fused-ring (bicyclic) bond motifs is 1. The van der Waals surface area contributed by atoms with Crippen molar-refractivity contribution >= 4 is 22.7 Å². The van der Waals surface area contributed by atoms with Crippen LogP contribution in [-0.4, -0.2) is 25.0 Å². The van der Waals surface area contributed by atoms with Crippen molar-refractivity contribution in [2.24, 2.45) is 5.73 Å². The Kier molecular flexibility index (Phi) is 5.15. The van der Waals surface area contributed by atoms with E-state index in [0.29, 0.717) is 6.54 Å². The molecule has 0 fully saturated rings. The van der Waals surface area contributed by atoms with Gasteiger partial charge in [-0.3, -0.25) is 4.79 Å². The molecule has 0 saturated heterocycles. The fraction of sp³-hybridized carbons (Fsp3) is 0.250. The Bertz CT molecular complexity index is 635. The van der Waals surface area contributed by atoms with E-state index < -0.39 is 5.91 Å². The van der Waals surface area contributed by atoms with Crippen LogP contribution in [0.3, 0.4) is 0 Å². The van der Waals surface area contributed by atoms with Gasteiger partial charge in [0.2, 0.25) is 5.91 Å². The summed E-state index contributed by atoms with van der Waals surface area (Å²) in [5, 5.41) is 7.75. The molecule has 4 N–H and O–H groups in total.